The first-order valence-corrected chi connectivity index (χ1v) is 4.31. The third-order valence-electron chi connectivity index (χ3n) is 1.93. The molecule has 4 N–H and O–H groups in total. The van der Waals surface area contributed by atoms with Crippen LogP contribution in [-0.4, -0.2) is 16.1 Å². The van der Waals surface area contributed by atoms with Crippen LogP contribution in [-0.2, 0) is 4.79 Å². The molecule has 1 heterocycles. The first-order valence-electron chi connectivity index (χ1n) is 4.31. The van der Waals surface area contributed by atoms with Crippen LogP contribution in [0, 0.1) is 0 Å². The Bertz CT molecular complexity index is 257. The number of rotatable bonds is 5. The highest BCUT2D eigenvalue weighted by Crippen LogP contribution is 2.14. The average molecular weight is 182 g/mol. The summed E-state index contributed by atoms with van der Waals surface area (Å²) >= 11 is 0. The third kappa shape index (κ3) is 3.29. The van der Waals surface area contributed by atoms with E-state index >= 15 is 0 Å². The molecule has 0 unspecified atom stereocenters. The summed E-state index contributed by atoms with van der Waals surface area (Å²) in [5, 5.41) is 8.41. The number of aromatic nitrogens is 1. The third-order valence-corrected chi connectivity index (χ3v) is 1.93. The molecule has 4 heteroatoms. The van der Waals surface area contributed by atoms with Gasteiger partial charge in [0, 0.05) is 24.4 Å². The second-order valence-corrected chi connectivity index (χ2v) is 3.02. The molecule has 0 spiro atoms. The maximum atomic E-state index is 10.2. The van der Waals surface area contributed by atoms with Crippen LogP contribution >= 0.6 is 0 Å². The minimum absolute atomic E-state index is 0.0747. The molecule has 0 fully saturated rings. The van der Waals surface area contributed by atoms with Crippen LogP contribution in [0.2, 0.25) is 0 Å². The first-order chi connectivity index (χ1) is 6.20. The Morgan fingerprint density at radius 3 is 3.00 bits per heavy atom. The minimum Gasteiger partial charge on any atom is -0.481 e. The van der Waals surface area contributed by atoms with Gasteiger partial charge in [0.25, 0.3) is 0 Å². The molecule has 72 valence electrons. The van der Waals surface area contributed by atoms with E-state index < -0.39 is 5.97 Å². The van der Waals surface area contributed by atoms with Crippen molar-refractivity contribution in [3.05, 3.63) is 24.0 Å². The Morgan fingerprint density at radius 2 is 2.46 bits per heavy atom. The van der Waals surface area contributed by atoms with Gasteiger partial charge in [-0.1, -0.05) is 0 Å². The molecule has 0 aromatic carbocycles. The van der Waals surface area contributed by atoms with Gasteiger partial charge >= 0.3 is 5.97 Å². The number of carboxylic acid groups (broad SMARTS) is 1. The van der Waals surface area contributed by atoms with E-state index in [4.69, 9.17) is 10.8 Å². The van der Waals surface area contributed by atoms with Crippen LogP contribution in [0.15, 0.2) is 18.3 Å². The number of hydrogen-bond acceptors (Lipinski definition) is 2. The van der Waals surface area contributed by atoms with Gasteiger partial charge in [0.05, 0.1) is 0 Å². The number of nitrogens with two attached hydrogens (primary N) is 1. The molecule has 0 aliphatic rings. The Morgan fingerprint density at radius 1 is 1.69 bits per heavy atom. The van der Waals surface area contributed by atoms with E-state index in [1.807, 2.05) is 18.3 Å². The number of H-pyrrole nitrogens is 1. The predicted molar refractivity (Wildman–Crippen MR) is 49.2 cm³/mol. The fourth-order valence-corrected chi connectivity index (χ4v) is 1.20. The predicted octanol–water partition coefficient (Wildman–Crippen LogP) is 1.27. The lowest BCUT2D eigenvalue weighted by molar-refractivity contribution is -0.137. The van der Waals surface area contributed by atoms with Crippen molar-refractivity contribution in [1.29, 1.82) is 0 Å². The normalized spacial score (nSPS) is 12.7. The van der Waals surface area contributed by atoms with E-state index in [-0.39, 0.29) is 12.5 Å². The van der Waals surface area contributed by atoms with Crippen molar-refractivity contribution in [3.63, 3.8) is 0 Å². The molecule has 13 heavy (non-hydrogen) atoms. The molecular weight excluding hydrogens is 168 g/mol. The summed E-state index contributed by atoms with van der Waals surface area (Å²) in [5.74, 6) is -0.765. The summed E-state index contributed by atoms with van der Waals surface area (Å²) in [7, 11) is 0. The highest BCUT2D eigenvalue weighted by Gasteiger charge is 2.06. The molecular formula is C9H14N2O2. The average Bonchev–Trinajstić information content (AvgIpc) is 2.55. The van der Waals surface area contributed by atoms with Crippen LogP contribution in [0.1, 0.15) is 31.0 Å². The number of carboxylic acids is 1. The Kier molecular flexibility index (Phi) is 3.52. The van der Waals surface area contributed by atoms with Gasteiger partial charge in [0.2, 0.25) is 0 Å². The number of aliphatic carboxylic acids is 1. The van der Waals surface area contributed by atoms with Gasteiger partial charge in [-0.05, 0) is 25.0 Å². The largest absolute Gasteiger partial charge is 0.481 e. The zero-order chi connectivity index (χ0) is 9.68. The highest BCUT2D eigenvalue weighted by molar-refractivity contribution is 5.66. The Labute approximate surface area is 76.8 Å². The minimum atomic E-state index is -0.765. The summed E-state index contributed by atoms with van der Waals surface area (Å²) in [6.07, 6.45) is 3.32. The smallest absolute Gasteiger partial charge is 0.303 e. The number of carbonyl (C=O) groups is 1. The molecule has 0 aliphatic heterocycles. The van der Waals surface area contributed by atoms with Crippen molar-refractivity contribution in [3.8, 4) is 0 Å². The van der Waals surface area contributed by atoms with Crippen molar-refractivity contribution in [1.82, 2.24) is 4.98 Å². The quantitative estimate of drug-likeness (QED) is 0.641. The van der Waals surface area contributed by atoms with E-state index in [0.29, 0.717) is 12.8 Å². The van der Waals surface area contributed by atoms with E-state index in [9.17, 15) is 4.79 Å². The van der Waals surface area contributed by atoms with Crippen LogP contribution in [0.4, 0.5) is 0 Å². The van der Waals surface area contributed by atoms with Gasteiger partial charge in [-0.15, -0.1) is 0 Å². The second-order valence-electron chi connectivity index (χ2n) is 3.02. The van der Waals surface area contributed by atoms with Crippen molar-refractivity contribution in [2.24, 2.45) is 5.73 Å². The van der Waals surface area contributed by atoms with Gasteiger partial charge in [-0.25, -0.2) is 0 Å². The second kappa shape index (κ2) is 4.67. The summed E-state index contributed by atoms with van der Waals surface area (Å²) in [5.41, 5.74) is 6.76. The molecule has 1 aromatic rings. The number of hydrogen-bond donors (Lipinski definition) is 3. The van der Waals surface area contributed by atoms with E-state index in [1.165, 1.54) is 0 Å². The van der Waals surface area contributed by atoms with Crippen molar-refractivity contribution < 1.29 is 9.90 Å². The zero-order valence-corrected chi connectivity index (χ0v) is 7.36. The zero-order valence-electron chi connectivity index (χ0n) is 7.36. The molecule has 4 nitrogen and oxygen atoms in total. The van der Waals surface area contributed by atoms with Gasteiger partial charge in [0.1, 0.15) is 0 Å². The van der Waals surface area contributed by atoms with Crippen LogP contribution in [0.3, 0.4) is 0 Å². The van der Waals surface area contributed by atoms with Gasteiger partial charge in [-0.3, -0.25) is 4.79 Å². The fourth-order valence-electron chi connectivity index (χ4n) is 1.20. The molecule has 0 saturated heterocycles. The standard InChI is InChI=1S/C9H14N2O2/c10-7(3-1-5-9(12)13)8-4-2-6-11-8/h2,4,6-7,11H,1,3,5,10H2,(H,12,13)/t7-/m1/s1. The summed E-state index contributed by atoms with van der Waals surface area (Å²) in [6.45, 7) is 0. The fraction of sp³-hybridized carbons (Fsp3) is 0.444. The van der Waals surface area contributed by atoms with E-state index in [2.05, 4.69) is 4.98 Å². The Balaban J connectivity index is 2.26. The van der Waals surface area contributed by atoms with E-state index in [1.54, 1.807) is 0 Å². The summed E-state index contributed by atoms with van der Waals surface area (Å²) < 4.78 is 0. The van der Waals surface area contributed by atoms with Crippen LogP contribution in [0.25, 0.3) is 0 Å². The van der Waals surface area contributed by atoms with Gasteiger partial charge < -0.3 is 15.8 Å². The van der Waals surface area contributed by atoms with Crippen molar-refractivity contribution >= 4 is 5.97 Å². The molecule has 0 aliphatic carbocycles. The van der Waals surface area contributed by atoms with Crippen molar-refractivity contribution in [2.75, 3.05) is 0 Å². The van der Waals surface area contributed by atoms with Gasteiger partial charge in [0.15, 0.2) is 0 Å². The lowest BCUT2D eigenvalue weighted by Crippen LogP contribution is -2.11. The SMILES string of the molecule is N[C@H](CCCC(=O)O)c1ccc[nH]1. The van der Waals surface area contributed by atoms with Gasteiger partial charge in [-0.2, -0.15) is 0 Å². The number of aromatic amines is 1. The topological polar surface area (TPSA) is 79.1 Å². The highest BCUT2D eigenvalue weighted by atomic mass is 16.4. The van der Waals surface area contributed by atoms with Crippen LogP contribution < -0.4 is 5.73 Å². The molecule has 1 atom stereocenters. The molecule has 0 amide bonds. The summed E-state index contributed by atoms with van der Waals surface area (Å²) in [4.78, 5) is 13.2. The molecule has 1 rings (SSSR count). The maximum Gasteiger partial charge on any atom is 0.303 e. The summed E-state index contributed by atoms with van der Waals surface area (Å²) in [6, 6.07) is 3.71. The van der Waals surface area contributed by atoms with Crippen molar-refractivity contribution in [2.45, 2.75) is 25.3 Å². The Hall–Kier alpha value is -1.29. The molecule has 1 aromatic heterocycles. The molecule has 0 radical (unpaired) electrons. The molecule has 0 saturated carbocycles. The lowest BCUT2D eigenvalue weighted by atomic mass is 10.1. The number of nitrogens with one attached hydrogen (secondary N) is 1. The van der Waals surface area contributed by atoms with Crippen LogP contribution in [0.5, 0.6) is 0 Å². The lowest BCUT2D eigenvalue weighted by Gasteiger charge is -2.07. The molecule has 0 bridgehead atoms. The monoisotopic (exact) mass is 182 g/mol. The first kappa shape index (κ1) is 9.80. The maximum absolute atomic E-state index is 10.2. The van der Waals surface area contributed by atoms with E-state index in [0.717, 1.165) is 5.69 Å².